The predicted molar refractivity (Wildman–Crippen MR) is 83.7 cm³/mol. The molecule has 0 saturated carbocycles. The lowest BCUT2D eigenvalue weighted by Crippen LogP contribution is -2.46. The van der Waals surface area contributed by atoms with E-state index in [1.54, 1.807) is 11.8 Å². The molecule has 2 heterocycles. The van der Waals surface area contributed by atoms with E-state index < -0.39 is 5.41 Å². The molecule has 1 aliphatic heterocycles. The molecule has 1 aromatic heterocycles. The number of nitrogens with zero attached hydrogens (tertiary/aromatic N) is 2. The molecule has 1 aliphatic rings. The Morgan fingerprint density at radius 1 is 1.50 bits per heavy atom. The smallest absolute Gasteiger partial charge is 0.233 e. The Balaban J connectivity index is 0.00000200. The molecule has 3 N–H and O–H groups in total. The van der Waals surface area contributed by atoms with Crippen LogP contribution < -0.4 is 11.1 Å². The third-order valence-corrected chi connectivity index (χ3v) is 5.07. The van der Waals surface area contributed by atoms with E-state index in [0.29, 0.717) is 37.7 Å². The molecular formula is C11H19ClN4O2S2. The molecule has 0 unspecified atom stereocenters. The highest BCUT2D eigenvalue weighted by atomic mass is 35.5. The summed E-state index contributed by atoms with van der Waals surface area (Å²) in [6, 6.07) is 0. The lowest BCUT2D eigenvalue weighted by Gasteiger charge is -2.34. The molecule has 2 rings (SSSR count). The molecule has 0 aromatic carbocycles. The molecule has 0 radical (unpaired) electrons. The molecule has 1 aromatic rings. The zero-order valence-electron chi connectivity index (χ0n) is 11.3. The van der Waals surface area contributed by atoms with Gasteiger partial charge in [0.1, 0.15) is 0 Å². The molecule has 6 nitrogen and oxygen atoms in total. The number of carbonyl (C=O) groups excluding carboxylic acids is 1. The van der Waals surface area contributed by atoms with E-state index in [2.05, 4.69) is 22.4 Å². The molecule has 0 spiro atoms. The molecule has 0 bridgehead atoms. The van der Waals surface area contributed by atoms with Gasteiger partial charge in [-0.25, -0.2) is 0 Å². The van der Waals surface area contributed by atoms with Gasteiger partial charge in [0.05, 0.1) is 5.41 Å². The van der Waals surface area contributed by atoms with E-state index in [0.717, 1.165) is 10.1 Å². The van der Waals surface area contributed by atoms with Gasteiger partial charge in [-0.2, -0.15) is 0 Å². The van der Waals surface area contributed by atoms with Crippen LogP contribution in [-0.2, 0) is 9.53 Å². The summed E-state index contributed by atoms with van der Waals surface area (Å²) in [5, 5.41) is 11.4. The van der Waals surface area contributed by atoms with Crippen LogP contribution in [0.5, 0.6) is 0 Å². The highest BCUT2D eigenvalue weighted by Crippen LogP contribution is 2.32. The van der Waals surface area contributed by atoms with E-state index in [1.165, 1.54) is 11.3 Å². The van der Waals surface area contributed by atoms with Crippen LogP contribution in [0.3, 0.4) is 0 Å². The van der Waals surface area contributed by atoms with Crippen molar-refractivity contribution >= 4 is 46.5 Å². The second-order valence-corrected chi connectivity index (χ2v) is 6.85. The predicted octanol–water partition coefficient (Wildman–Crippen LogP) is 1.77. The first-order valence-corrected chi connectivity index (χ1v) is 8.06. The zero-order chi connectivity index (χ0) is 13.7. The summed E-state index contributed by atoms with van der Waals surface area (Å²) >= 11 is 3.01. The number of hydrogen-bond donors (Lipinski definition) is 2. The van der Waals surface area contributed by atoms with Crippen molar-refractivity contribution in [1.29, 1.82) is 0 Å². The summed E-state index contributed by atoms with van der Waals surface area (Å²) in [6.07, 6.45) is 1.31. The monoisotopic (exact) mass is 338 g/mol. The second kappa shape index (κ2) is 8.14. The fraction of sp³-hybridized carbons (Fsp3) is 0.727. The van der Waals surface area contributed by atoms with Gasteiger partial charge in [0.15, 0.2) is 4.34 Å². The van der Waals surface area contributed by atoms with Gasteiger partial charge in [-0.3, -0.25) is 10.1 Å². The van der Waals surface area contributed by atoms with Gasteiger partial charge in [0.2, 0.25) is 11.0 Å². The minimum atomic E-state index is -0.526. The van der Waals surface area contributed by atoms with Crippen LogP contribution in [0.1, 0.15) is 19.8 Å². The third kappa shape index (κ3) is 4.05. The number of rotatable bonds is 5. The first-order chi connectivity index (χ1) is 9.20. The van der Waals surface area contributed by atoms with Crippen molar-refractivity contribution in [3.63, 3.8) is 0 Å². The third-order valence-electron chi connectivity index (χ3n) is 3.22. The van der Waals surface area contributed by atoms with E-state index in [4.69, 9.17) is 10.5 Å². The molecule has 1 amide bonds. The maximum absolute atomic E-state index is 12.4. The summed E-state index contributed by atoms with van der Waals surface area (Å²) in [4.78, 5) is 12.4. The van der Waals surface area contributed by atoms with Crippen LogP contribution in [0.4, 0.5) is 5.13 Å². The number of amides is 1. The van der Waals surface area contributed by atoms with Gasteiger partial charge in [0, 0.05) is 19.8 Å². The van der Waals surface area contributed by atoms with Gasteiger partial charge in [-0.1, -0.05) is 30.0 Å². The number of ether oxygens (including phenoxy) is 1. The Labute approximate surface area is 132 Å². The number of anilines is 1. The van der Waals surface area contributed by atoms with E-state index >= 15 is 0 Å². The van der Waals surface area contributed by atoms with Crippen LogP contribution in [0.15, 0.2) is 4.34 Å². The van der Waals surface area contributed by atoms with Crippen molar-refractivity contribution in [3.05, 3.63) is 0 Å². The average Bonchev–Trinajstić information content (AvgIpc) is 2.87. The number of carbonyl (C=O) groups is 1. The fourth-order valence-corrected chi connectivity index (χ4v) is 3.60. The summed E-state index contributed by atoms with van der Waals surface area (Å²) in [7, 11) is 0. The normalized spacial score (nSPS) is 17.3. The first kappa shape index (κ1) is 17.6. The van der Waals surface area contributed by atoms with E-state index in [-0.39, 0.29) is 18.3 Å². The van der Waals surface area contributed by atoms with E-state index in [9.17, 15) is 4.79 Å². The van der Waals surface area contributed by atoms with Gasteiger partial charge in [-0.05, 0) is 18.6 Å². The molecule has 0 aliphatic carbocycles. The number of nitrogens with one attached hydrogen (secondary N) is 1. The number of thioether (sulfide) groups is 1. The SMILES string of the molecule is CCSc1nnc(NC(=O)C2(CN)CCOCC2)s1.Cl. The Bertz CT molecular complexity index is 438. The maximum atomic E-state index is 12.4. The topological polar surface area (TPSA) is 90.1 Å². The quantitative estimate of drug-likeness (QED) is 0.628. The van der Waals surface area contributed by atoms with Crippen molar-refractivity contribution < 1.29 is 9.53 Å². The highest BCUT2D eigenvalue weighted by Gasteiger charge is 2.39. The van der Waals surface area contributed by atoms with Crippen LogP contribution in [0.25, 0.3) is 0 Å². The molecule has 1 saturated heterocycles. The Kier molecular flexibility index (Phi) is 7.18. The van der Waals surface area contributed by atoms with Gasteiger partial charge in [-0.15, -0.1) is 22.6 Å². The summed E-state index contributed by atoms with van der Waals surface area (Å²) in [5.41, 5.74) is 5.27. The molecule has 114 valence electrons. The minimum Gasteiger partial charge on any atom is -0.381 e. The molecule has 0 atom stereocenters. The van der Waals surface area contributed by atoms with Crippen LogP contribution >= 0.6 is 35.5 Å². The average molecular weight is 339 g/mol. The summed E-state index contributed by atoms with van der Waals surface area (Å²) < 4.78 is 6.17. The summed E-state index contributed by atoms with van der Waals surface area (Å²) in [5.74, 6) is 0.870. The van der Waals surface area contributed by atoms with Crippen molar-refractivity contribution in [2.45, 2.75) is 24.1 Å². The Morgan fingerprint density at radius 2 is 2.20 bits per heavy atom. The van der Waals surface area contributed by atoms with Crippen LogP contribution in [0.2, 0.25) is 0 Å². The zero-order valence-corrected chi connectivity index (χ0v) is 13.7. The fourth-order valence-electron chi connectivity index (χ4n) is 1.96. The Hall–Kier alpha value is -0.410. The van der Waals surface area contributed by atoms with Gasteiger partial charge < -0.3 is 10.5 Å². The molecule has 9 heteroatoms. The van der Waals surface area contributed by atoms with E-state index in [1.807, 2.05) is 0 Å². The standard InChI is InChI=1S/C11H18N4O2S2.ClH/c1-2-18-10-15-14-9(19-10)13-8(16)11(7-12)3-5-17-6-4-11;/h2-7,12H2,1H3,(H,13,14,16);1H. The van der Waals surface area contributed by atoms with Crippen molar-refractivity contribution in [2.75, 3.05) is 30.8 Å². The number of nitrogens with two attached hydrogens (primary N) is 1. The van der Waals surface area contributed by atoms with Gasteiger partial charge >= 0.3 is 0 Å². The van der Waals surface area contributed by atoms with Crippen molar-refractivity contribution in [2.24, 2.45) is 11.1 Å². The van der Waals surface area contributed by atoms with Crippen LogP contribution in [0, 0.1) is 5.41 Å². The van der Waals surface area contributed by atoms with Crippen molar-refractivity contribution in [3.8, 4) is 0 Å². The largest absolute Gasteiger partial charge is 0.381 e. The lowest BCUT2D eigenvalue weighted by atomic mass is 9.79. The minimum absolute atomic E-state index is 0. The van der Waals surface area contributed by atoms with Crippen molar-refractivity contribution in [1.82, 2.24) is 10.2 Å². The molecule has 20 heavy (non-hydrogen) atoms. The van der Waals surface area contributed by atoms with Gasteiger partial charge in [0.25, 0.3) is 0 Å². The lowest BCUT2D eigenvalue weighted by molar-refractivity contribution is -0.130. The molecular weight excluding hydrogens is 320 g/mol. The first-order valence-electron chi connectivity index (χ1n) is 6.26. The summed E-state index contributed by atoms with van der Waals surface area (Å²) in [6.45, 7) is 3.54. The highest BCUT2D eigenvalue weighted by molar-refractivity contribution is 8.01. The number of hydrogen-bond acceptors (Lipinski definition) is 7. The second-order valence-electron chi connectivity index (χ2n) is 4.36. The van der Waals surface area contributed by atoms with Crippen LogP contribution in [-0.4, -0.2) is 41.6 Å². The number of aromatic nitrogens is 2. The molecule has 1 fully saturated rings. The number of halogens is 1. The Morgan fingerprint density at radius 3 is 2.80 bits per heavy atom. The maximum Gasteiger partial charge on any atom is 0.233 e.